The summed E-state index contributed by atoms with van der Waals surface area (Å²) < 4.78 is 1.02. The first-order valence-corrected chi connectivity index (χ1v) is 7.27. The van der Waals surface area contributed by atoms with Gasteiger partial charge in [-0.05, 0) is 55.0 Å². The highest BCUT2D eigenvalue weighted by Gasteiger charge is 2.04. The summed E-state index contributed by atoms with van der Waals surface area (Å²) in [6.07, 6.45) is 0. The first kappa shape index (κ1) is 14.9. The molecule has 2 aromatic rings. The number of nitrogens with one attached hydrogen (secondary N) is 2. The van der Waals surface area contributed by atoms with Gasteiger partial charge in [-0.3, -0.25) is 4.79 Å². The number of carbonyl (C=O) groups excluding carboxylic acids is 1. The van der Waals surface area contributed by atoms with Crippen LogP contribution in [-0.2, 0) is 4.79 Å². The van der Waals surface area contributed by atoms with E-state index in [1.165, 1.54) is 0 Å². The van der Waals surface area contributed by atoms with Crippen LogP contribution >= 0.6 is 27.5 Å². The smallest absolute Gasteiger partial charge is 0.243 e. The van der Waals surface area contributed by atoms with Crippen LogP contribution in [0.1, 0.15) is 5.56 Å². The van der Waals surface area contributed by atoms with Crippen LogP contribution in [0.4, 0.5) is 11.4 Å². The molecule has 2 aromatic carbocycles. The summed E-state index contributed by atoms with van der Waals surface area (Å²) in [5.41, 5.74) is 2.76. The molecule has 0 spiro atoms. The number of amides is 1. The Morgan fingerprint density at radius 1 is 1.20 bits per heavy atom. The van der Waals surface area contributed by atoms with Crippen LogP contribution in [-0.4, -0.2) is 12.5 Å². The third kappa shape index (κ3) is 4.25. The highest BCUT2D eigenvalue weighted by atomic mass is 79.9. The fourth-order valence-corrected chi connectivity index (χ4v) is 2.34. The van der Waals surface area contributed by atoms with Gasteiger partial charge < -0.3 is 10.6 Å². The van der Waals surface area contributed by atoms with Crippen molar-refractivity contribution < 1.29 is 4.79 Å². The van der Waals surface area contributed by atoms with Crippen molar-refractivity contribution in [3.8, 4) is 0 Å². The molecule has 0 aliphatic carbocycles. The molecule has 1 amide bonds. The van der Waals surface area contributed by atoms with Crippen molar-refractivity contribution in [3.63, 3.8) is 0 Å². The van der Waals surface area contributed by atoms with Crippen LogP contribution in [0.15, 0.2) is 46.9 Å². The monoisotopic (exact) mass is 352 g/mol. The maximum absolute atomic E-state index is 11.8. The zero-order valence-electron chi connectivity index (χ0n) is 10.9. The van der Waals surface area contributed by atoms with Crippen molar-refractivity contribution in [3.05, 3.63) is 57.5 Å². The highest BCUT2D eigenvalue weighted by Crippen LogP contribution is 2.19. The van der Waals surface area contributed by atoms with E-state index < -0.39 is 0 Å². The second-order valence-electron chi connectivity index (χ2n) is 4.37. The third-order valence-corrected chi connectivity index (χ3v) is 3.50. The molecule has 0 saturated heterocycles. The van der Waals surface area contributed by atoms with E-state index in [1.807, 2.05) is 25.1 Å². The van der Waals surface area contributed by atoms with Crippen molar-refractivity contribution in [2.45, 2.75) is 6.92 Å². The molecule has 5 heteroatoms. The molecular formula is C15H14BrClN2O. The number of anilines is 2. The molecule has 0 aliphatic rings. The largest absolute Gasteiger partial charge is 0.376 e. The molecule has 0 bridgehead atoms. The summed E-state index contributed by atoms with van der Waals surface area (Å²) in [6, 6.07) is 12.9. The minimum atomic E-state index is -0.102. The summed E-state index contributed by atoms with van der Waals surface area (Å²) in [4.78, 5) is 11.8. The second-order valence-corrected chi connectivity index (χ2v) is 5.72. The van der Waals surface area contributed by atoms with E-state index in [-0.39, 0.29) is 12.5 Å². The average Bonchev–Trinajstić information content (AvgIpc) is 2.40. The Balaban J connectivity index is 1.90. The van der Waals surface area contributed by atoms with Crippen molar-refractivity contribution in [1.82, 2.24) is 0 Å². The summed E-state index contributed by atoms with van der Waals surface area (Å²) in [5, 5.41) is 6.56. The third-order valence-electron chi connectivity index (χ3n) is 2.76. The highest BCUT2D eigenvalue weighted by molar-refractivity contribution is 9.10. The van der Waals surface area contributed by atoms with Gasteiger partial charge in [0.2, 0.25) is 5.91 Å². The van der Waals surface area contributed by atoms with Crippen LogP contribution in [0.5, 0.6) is 0 Å². The van der Waals surface area contributed by atoms with Crippen molar-refractivity contribution in [2.75, 3.05) is 17.2 Å². The average molecular weight is 354 g/mol. The zero-order chi connectivity index (χ0) is 14.5. The Kier molecular flexibility index (Phi) is 5.04. The van der Waals surface area contributed by atoms with Crippen LogP contribution in [0, 0.1) is 6.92 Å². The summed E-state index contributed by atoms with van der Waals surface area (Å²) in [6.45, 7) is 2.20. The molecule has 0 radical (unpaired) electrons. The topological polar surface area (TPSA) is 41.1 Å². The molecule has 0 saturated carbocycles. The Morgan fingerprint density at radius 2 is 1.90 bits per heavy atom. The number of hydrogen-bond acceptors (Lipinski definition) is 2. The molecule has 0 fully saturated rings. The molecule has 2 N–H and O–H groups in total. The van der Waals surface area contributed by atoms with Crippen molar-refractivity contribution in [2.24, 2.45) is 0 Å². The van der Waals surface area contributed by atoms with Gasteiger partial charge in [0.1, 0.15) is 0 Å². The Labute approximate surface area is 131 Å². The van der Waals surface area contributed by atoms with E-state index >= 15 is 0 Å². The lowest BCUT2D eigenvalue weighted by atomic mass is 10.2. The van der Waals surface area contributed by atoms with Crippen molar-refractivity contribution in [1.29, 1.82) is 0 Å². The molecule has 0 unspecified atom stereocenters. The van der Waals surface area contributed by atoms with E-state index in [4.69, 9.17) is 11.6 Å². The van der Waals surface area contributed by atoms with Gasteiger partial charge in [0.15, 0.2) is 0 Å². The van der Waals surface area contributed by atoms with Gasteiger partial charge in [0.25, 0.3) is 0 Å². The predicted molar refractivity (Wildman–Crippen MR) is 87.5 cm³/mol. The molecule has 0 heterocycles. The number of hydrogen-bond donors (Lipinski definition) is 2. The lowest BCUT2D eigenvalue weighted by Crippen LogP contribution is -2.22. The standard InChI is InChI=1S/C15H14BrClN2O/c1-10-8-11(16)2-7-14(10)18-9-15(20)19-13-5-3-12(17)4-6-13/h2-8,18H,9H2,1H3,(H,19,20). The Hall–Kier alpha value is -1.52. The van der Waals surface area contributed by atoms with E-state index in [0.29, 0.717) is 5.02 Å². The number of benzene rings is 2. The minimum Gasteiger partial charge on any atom is -0.376 e. The van der Waals surface area contributed by atoms with Gasteiger partial charge in [0.05, 0.1) is 6.54 Å². The normalized spacial score (nSPS) is 10.2. The van der Waals surface area contributed by atoms with Gasteiger partial charge in [-0.25, -0.2) is 0 Å². The molecule has 104 valence electrons. The Bertz CT molecular complexity index is 614. The van der Waals surface area contributed by atoms with Gasteiger partial charge >= 0.3 is 0 Å². The second kappa shape index (κ2) is 6.77. The molecule has 20 heavy (non-hydrogen) atoms. The molecule has 3 nitrogen and oxygen atoms in total. The lowest BCUT2D eigenvalue weighted by molar-refractivity contribution is -0.114. The van der Waals surface area contributed by atoms with Crippen LogP contribution in [0.3, 0.4) is 0 Å². The maximum Gasteiger partial charge on any atom is 0.243 e. The summed E-state index contributed by atoms with van der Waals surface area (Å²) in [5.74, 6) is -0.102. The van der Waals surface area contributed by atoms with E-state index in [2.05, 4.69) is 26.6 Å². The van der Waals surface area contributed by atoms with Crippen LogP contribution < -0.4 is 10.6 Å². The van der Waals surface area contributed by atoms with Gasteiger partial charge in [-0.2, -0.15) is 0 Å². The van der Waals surface area contributed by atoms with E-state index in [1.54, 1.807) is 24.3 Å². The number of carbonyl (C=O) groups is 1. The molecule has 0 atom stereocenters. The SMILES string of the molecule is Cc1cc(Br)ccc1NCC(=O)Nc1ccc(Cl)cc1. The first-order chi connectivity index (χ1) is 9.54. The minimum absolute atomic E-state index is 0.102. The molecule has 0 aliphatic heterocycles. The fourth-order valence-electron chi connectivity index (χ4n) is 1.74. The van der Waals surface area contributed by atoms with Crippen molar-refractivity contribution >= 4 is 44.8 Å². The summed E-state index contributed by atoms with van der Waals surface area (Å²) in [7, 11) is 0. The molecule has 2 rings (SSSR count). The number of rotatable bonds is 4. The first-order valence-electron chi connectivity index (χ1n) is 6.10. The fraction of sp³-hybridized carbons (Fsp3) is 0.133. The maximum atomic E-state index is 11.8. The number of halogens is 2. The van der Waals surface area contributed by atoms with E-state index in [9.17, 15) is 4.79 Å². The predicted octanol–water partition coefficient (Wildman–Crippen LogP) is 4.46. The lowest BCUT2D eigenvalue weighted by Gasteiger charge is -2.10. The van der Waals surface area contributed by atoms with Gasteiger partial charge in [0, 0.05) is 20.9 Å². The van der Waals surface area contributed by atoms with Crippen LogP contribution in [0.25, 0.3) is 0 Å². The van der Waals surface area contributed by atoms with Gasteiger partial charge in [-0.15, -0.1) is 0 Å². The molecular weight excluding hydrogens is 340 g/mol. The van der Waals surface area contributed by atoms with Crippen LogP contribution in [0.2, 0.25) is 5.02 Å². The quantitative estimate of drug-likeness (QED) is 0.852. The van der Waals surface area contributed by atoms with E-state index in [0.717, 1.165) is 21.4 Å². The number of aryl methyl sites for hydroxylation is 1. The van der Waals surface area contributed by atoms with Gasteiger partial charge in [-0.1, -0.05) is 27.5 Å². The Morgan fingerprint density at radius 3 is 2.55 bits per heavy atom. The summed E-state index contributed by atoms with van der Waals surface area (Å²) >= 11 is 9.20. The zero-order valence-corrected chi connectivity index (χ0v) is 13.3. The molecule has 0 aromatic heterocycles.